The van der Waals surface area contributed by atoms with E-state index in [4.69, 9.17) is 5.73 Å². The van der Waals surface area contributed by atoms with Crippen LogP contribution in [-0.4, -0.2) is 21.3 Å². The molecule has 0 radical (unpaired) electrons. The topological polar surface area (TPSA) is 96.7 Å². The fraction of sp³-hybridized carbons (Fsp3) is 0.167. The van der Waals surface area contributed by atoms with Crippen molar-refractivity contribution < 1.29 is 0 Å². The second-order valence-electron chi connectivity index (χ2n) is 3.70. The van der Waals surface area contributed by atoms with Crippen LogP contribution in [0.4, 0.5) is 0 Å². The summed E-state index contributed by atoms with van der Waals surface area (Å²) in [6.45, 7) is 2.15. The molecular weight excluding hydrogens is 232 g/mol. The molecule has 0 fully saturated rings. The molecule has 0 aliphatic heterocycles. The molecule has 0 aliphatic carbocycles. The number of aromatic amines is 2. The zero-order chi connectivity index (χ0) is 13.1. The number of nitrogens with two attached hydrogens (primary N) is 1. The van der Waals surface area contributed by atoms with E-state index >= 15 is 0 Å². The molecule has 1 heterocycles. The molecule has 0 atom stereocenters. The van der Waals surface area contributed by atoms with Crippen LogP contribution in [0.3, 0.4) is 0 Å². The Morgan fingerprint density at radius 3 is 2.50 bits per heavy atom. The van der Waals surface area contributed by atoms with Crippen LogP contribution in [0.15, 0.2) is 27.8 Å². The van der Waals surface area contributed by atoms with Crippen molar-refractivity contribution in [3.8, 4) is 17.5 Å². The minimum Gasteiger partial charge on any atom is -0.320 e. The zero-order valence-electron chi connectivity index (χ0n) is 9.78. The highest BCUT2D eigenvalue weighted by atomic mass is 16.2. The molecule has 2 rings (SSSR count). The minimum absolute atomic E-state index is 0.290. The normalized spacial score (nSPS) is 9.89. The minimum atomic E-state index is -0.500. The maximum Gasteiger partial charge on any atom is 0.348 e. The van der Waals surface area contributed by atoms with Gasteiger partial charge in [0.05, 0.1) is 12.2 Å². The monoisotopic (exact) mass is 244 g/mol. The number of rotatable bonds is 1. The van der Waals surface area contributed by atoms with Gasteiger partial charge in [0.25, 0.3) is 0 Å². The molecule has 0 saturated heterocycles. The van der Waals surface area contributed by atoms with Crippen LogP contribution in [0.5, 0.6) is 0 Å². The molecule has 0 spiro atoms. The number of hydrogen-bond donors (Lipinski definition) is 3. The van der Waals surface area contributed by atoms with Crippen molar-refractivity contribution in [2.24, 2.45) is 5.73 Å². The van der Waals surface area contributed by atoms with E-state index in [1.54, 1.807) is 18.2 Å². The summed E-state index contributed by atoms with van der Waals surface area (Å²) in [5.74, 6) is 5.68. The van der Waals surface area contributed by atoms with Gasteiger partial charge in [0.1, 0.15) is 0 Å². The first-order chi connectivity index (χ1) is 8.63. The van der Waals surface area contributed by atoms with Crippen molar-refractivity contribution in [3.05, 3.63) is 50.3 Å². The Hall–Kier alpha value is -2.52. The van der Waals surface area contributed by atoms with E-state index in [-0.39, 0.29) is 6.54 Å². The third kappa shape index (κ3) is 2.12. The molecule has 18 heavy (non-hydrogen) atoms. The molecule has 0 amide bonds. The Morgan fingerprint density at radius 2 is 1.94 bits per heavy atom. The summed E-state index contributed by atoms with van der Waals surface area (Å²) in [6.07, 6.45) is 0. The average molecular weight is 244 g/mol. The van der Waals surface area contributed by atoms with Gasteiger partial charge >= 0.3 is 11.4 Å². The molecule has 6 nitrogen and oxygen atoms in total. The molecule has 4 N–H and O–H groups in total. The number of nitrogens with one attached hydrogen (secondary N) is 2. The first-order valence-electron chi connectivity index (χ1n) is 5.33. The highest BCUT2D eigenvalue weighted by Crippen LogP contribution is 2.11. The van der Waals surface area contributed by atoms with Crippen LogP contribution >= 0.6 is 0 Å². The van der Waals surface area contributed by atoms with E-state index < -0.39 is 11.4 Å². The number of H-pyrrole nitrogens is 2. The molecule has 0 aliphatic rings. The van der Waals surface area contributed by atoms with E-state index in [9.17, 15) is 9.59 Å². The first-order valence-corrected chi connectivity index (χ1v) is 5.33. The van der Waals surface area contributed by atoms with Gasteiger partial charge in [-0.15, -0.1) is 0 Å². The lowest BCUT2D eigenvalue weighted by molar-refractivity contribution is 0.949. The van der Waals surface area contributed by atoms with Crippen LogP contribution in [0, 0.1) is 18.8 Å². The van der Waals surface area contributed by atoms with E-state index in [1.807, 2.05) is 6.92 Å². The Morgan fingerprint density at radius 1 is 1.28 bits per heavy atom. The van der Waals surface area contributed by atoms with Gasteiger partial charge in [-0.1, -0.05) is 11.8 Å². The fourth-order valence-corrected chi connectivity index (χ4v) is 1.62. The van der Waals surface area contributed by atoms with E-state index in [2.05, 4.69) is 22.0 Å². The Labute approximate surface area is 102 Å². The van der Waals surface area contributed by atoms with E-state index in [0.29, 0.717) is 5.69 Å². The fourth-order valence-electron chi connectivity index (χ4n) is 1.62. The van der Waals surface area contributed by atoms with Crippen molar-refractivity contribution in [1.29, 1.82) is 0 Å². The largest absolute Gasteiger partial charge is 0.348 e. The maximum absolute atomic E-state index is 11.4. The predicted octanol–water partition coefficient (Wildman–Crippen LogP) is -0.527. The van der Waals surface area contributed by atoms with Crippen LogP contribution in [-0.2, 0) is 0 Å². The summed E-state index contributed by atoms with van der Waals surface area (Å²) < 4.78 is 1.02. The average Bonchev–Trinajstić information content (AvgIpc) is 2.68. The van der Waals surface area contributed by atoms with Crippen LogP contribution in [0.2, 0.25) is 0 Å². The van der Waals surface area contributed by atoms with Crippen LogP contribution in [0.1, 0.15) is 11.1 Å². The van der Waals surface area contributed by atoms with Gasteiger partial charge in [0.15, 0.2) is 0 Å². The standard InChI is InChI=1S/C12H12N4O2/c1-8-7-10(5-4-9(8)3-2-6-13)16-11(17)14-15-12(16)18/h4-5,7H,6,13H2,1H3,(H,14,17)(H,15,18). The van der Waals surface area contributed by atoms with Crippen molar-refractivity contribution in [2.75, 3.05) is 6.54 Å². The summed E-state index contributed by atoms with van der Waals surface area (Å²) in [7, 11) is 0. The number of benzene rings is 1. The van der Waals surface area contributed by atoms with Gasteiger partial charge in [-0.2, -0.15) is 0 Å². The molecule has 2 aromatic rings. The van der Waals surface area contributed by atoms with E-state index in [1.165, 1.54) is 0 Å². The number of aromatic nitrogens is 3. The molecule has 0 saturated carbocycles. The second kappa shape index (κ2) is 4.77. The first kappa shape index (κ1) is 12.0. The van der Waals surface area contributed by atoms with Gasteiger partial charge in [-0.05, 0) is 30.7 Å². The van der Waals surface area contributed by atoms with Gasteiger partial charge in [0, 0.05) is 5.56 Å². The van der Waals surface area contributed by atoms with Crippen LogP contribution < -0.4 is 17.1 Å². The predicted molar refractivity (Wildman–Crippen MR) is 67.7 cm³/mol. The van der Waals surface area contributed by atoms with Crippen molar-refractivity contribution in [1.82, 2.24) is 14.8 Å². The van der Waals surface area contributed by atoms with Crippen molar-refractivity contribution >= 4 is 0 Å². The van der Waals surface area contributed by atoms with E-state index in [0.717, 1.165) is 15.7 Å². The lowest BCUT2D eigenvalue weighted by Crippen LogP contribution is -2.24. The summed E-state index contributed by atoms with van der Waals surface area (Å²) in [5, 5.41) is 4.46. The third-order valence-corrected chi connectivity index (χ3v) is 2.48. The zero-order valence-corrected chi connectivity index (χ0v) is 9.78. The highest BCUT2D eigenvalue weighted by Gasteiger charge is 2.06. The second-order valence-corrected chi connectivity index (χ2v) is 3.70. The smallest absolute Gasteiger partial charge is 0.320 e. The molecule has 1 aromatic carbocycles. The SMILES string of the molecule is Cc1cc(-n2c(=O)[nH][nH]c2=O)ccc1C#CCN. The molecule has 92 valence electrons. The molecule has 6 heteroatoms. The Balaban J connectivity index is 2.54. The Bertz CT molecular complexity index is 712. The van der Waals surface area contributed by atoms with Gasteiger partial charge in [0.2, 0.25) is 0 Å². The lowest BCUT2D eigenvalue weighted by atomic mass is 10.1. The van der Waals surface area contributed by atoms with Crippen molar-refractivity contribution in [2.45, 2.75) is 6.92 Å². The van der Waals surface area contributed by atoms with Crippen molar-refractivity contribution in [3.63, 3.8) is 0 Å². The highest BCUT2D eigenvalue weighted by molar-refractivity contribution is 5.47. The molecule has 1 aromatic heterocycles. The van der Waals surface area contributed by atoms with Crippen LogP contribution in [0.25, 0.3) is 5.69 Å². The number of aryl methyl sites for hydroxylation is 1. The molecule has 0 unspecified atom stereocenters. The lowest BCUT2D eigenvalue weighted by Gasteiger charge is -2.03. The summed E-state index contributed by atoms with van der Waals surface area (Å²) in [4.78, 5) is 22.9. The van der Waals surface area contributed by atoms with Gasteiger partial charge in [-0.3, -0.25) is 0 Å². The summed E-state index contributed by atoms with van der Waals surface area (Å²) in [6, 6.07) is 5.15. The van der Waals surface area contributed by atoms with Gasteiger partial charge < -0.3 is 5.73 Å². The quantitative estimate of drug-likeness (QED) is 0.588. The number of nitrogens with zero attached hydrogens (tertiary/aromatic N) is 1. The third-order valence-electron chi connectivity index (χ3n) is 2.48. The number of hydrogen-bond acceptors (Lipinski definition) is 3. The maximum atomic E-state index is 11.4. The molecule has 0 bridgehead atoms. The molecular formula is C12H12N4O2. The Kier molecular flexibility index (Phi) is 3.17. The summed E-state index contributed by atoms with van der Waals surface area (Å²) in [5.41, 5.74) is 6.50. The van der Waals surface area contributed by atoms with Gasteiger partial charge in [-0.25, -0.2) is 24.4 Å². The summed E-state index contributed by atoms with van der Waals surface area (Å²) >= 11 is 0.